The number of nitrogens with one attached hydrogen (secondary N) is 1. The van der Waals surface area contributed by atoms with Crippen molar-refractivity contribution in [2.24, 2.45) is 0 Å². The number of anilines is 2. The number of fused-ring (bicyclic) bond motifs is 1. The number of rotatable bonds is 7. The molecule has 1 unspecified atom stereocenters. The van der Waals surface area contributed by atoms with Crippen LogP contribution in [0.15, 0.2) is 49.4 Å². The maximum atomic E-state index is 13.0. The first kappa shape index (κ1) is 21.3. The molecule has 12 heteroatoms. The second-order valence-corrected chi connectivity index (χ2v) is 10.1. The van der Waals surface area contributed by atoms with Gasteiger partial charge in [-0.2, -0.15) is 9.61 Å². The van der Waals surface area contributed by atoms with E-state index in [2.05, 4.69) is 32.4 Å². The molecule has 0 radical (unpaired) electrons. The number of aromatic nitrogens is 7. The zero-order valence-electron chi connectivity index (χ0n) is 18.2. The Balaban J connectivity index is 1.47. The minimum atomic E-state index is -3.63. The van der Waals surface area contributed by atoms with E-state index in [1.165, 1.54) is 12.7 Å². The lowest BCUT2D eigenvalue weighted by atomic mass is 10.1. The van der Waals surface area contributed by atoms with Gasteiger partial charge in [-0.25, -0.2) is 18.4 Å². The Hall–Kier alpha value is -3.54. The molecular weight excluding hydrogens is 442 g/mol. The molecule has 4 aromatic rings. The molecular formula is C21H25N9O2S. The van der Waals surface area contributed by atoms with Crippen molar-refractivity contribution >= 4 is 27.3 Å². The van der Waals surface area contributed by atoms with Gasteiger partial charge in [-0.3, -0.25) is 4.98 Å². The number of piperidine rings is 1. The van der Waals surface area contributed by atoms with Crippen molar-refractivity contribution in [3.63, 3.8) is 0 Å². The molecule has 1 aliphatic heterocycles. The monoisotopic (exact) mass is 467 g/mol. The van der Waals surface area contributed by atoms with Gasteiger partial charge < -0.3 is 10.2 Å². The van der Waals surface area contributed by atoms with E-state index in [0.29, 0.717) is 19.5 Å². The van der Waals surface area contributed by atoms with E-state index in [1.54, 1.807) is 10.7 Å². The third kappa shape index (κ3) is 4.13. The Labute approximate surface area is 191 Å². The molecule has 0 spiro atoms. The summed E-state index contributed by atoms with van der Waals surface area (Å²) < 4.78 is 28.8. The van der Waals surface area contributed by atoms with E-state index in [0.717, 1.165) is 51.9 Å². The first-order chi connectivity index (χ1) is 16.1. The fourth-order valence-electron chi connectivity index (χ4n) is 4.10. The van der Waals surface area contributed by atoms with Crippen molar-refractivity contribution in [2.45, 2.75) is 38.0 Å². The van der Waals surface area contributed by atoms with Crippen LogP contribution in [-0.4, -0.2) is 60.5 Å². The zero-order chi connectivity index (χ0) is 22.8. The van der Waals surface area contributed by atoms with Gasteiger partial charge in [0.25, 0.3) is 10.0 Å². The summed E-state index contributed by atoms with van der Waals surface area (Å²) in [6, 6.07) is 5.83. The van der Waals surface area contributed by atoms with Crippen molar-refractivity contribution in [3.8, 4) is 0 Å². The smallest absolute Gasteiger partial charge is 0.259 e. The van der Waals surface area contributed by atoms with Crippen LogP contribution in [-0.2, 0) is 23.0 Å². The quantitative estimate of drug-likeness (QED) is 0.433. The minimum absolute atomic E-state index is 0.336. The van der Waals surface area contributed by atoms with Crippen molar-refractivity contribution in [3.05, 3.63) is 60.6 Å². The topological polar surface area (TPSA) is 123 Å². The molecule has 0 aliphatic carbocycles. The van der Waals surface area contributed by atoms with Gasteiger partial charge in [0.1, 0.15) is 24.3 Å². The molecule has 0 aromatic carbocycles. The summed E-state index contributed by atoms with van der Waals surface area (Å²) in [5.41, 5.74) is 2.85. The lowest BCUT2D eigenvalue weighted by Gasteiger charge is -2.33. The number of nitrogens with zero attached hydrogens (tertiary/aromatic N) is 8. The highest BCUT2D eigenvalue weighted by Crippen LogP contribution is 2.27. The van der Waals surface area contributed by atoms with Crippen molar-refractivity contribution < 1.29 is 8.42 Å². The van der Waals surface area contributed by atoms with Crippen molar-refractivity contribution in [2.75, 3.05) is 23.3 Å². The number of hydrogen-bond acceptors (Lipinski definition) is 9. The summed E-state index contributed by atoms with van der Waals surface area (Å²) in [7, 11) is -3.63. The third-order valence-electron chi connectivity index (χ3n) is 5.89. The van der Waals surface area contributed by atoms with Gasteiger partial charge in [0.2, 0.25) is 0 Å². The van der Waals surface area contributed by atoms with Crippen LogP contribution in [0.4, 0.5) is 11.6 Å². The number of pyridine rings is 1. The molecule has 0 amide bonds. The van der Waals surface area contributed by atoms with E-state index < -0.39 is 15.3 Å². The van der Waals surface area contributed by atoms with Gasteiger partial charge in [-0.15, -0.1) is 9.19 Å². The molecule has 5 heterocycles. The molecule has 0 saturated carbocycles. The molecule has 1 aliphatic rings. The van der Waals surface area contributed by atoms with E-state index in [4.69, 9.17) is 4.98 Å². The maximum absolute atomic E-state index is 13.0. The van der Waals surface area contributed by atoms with Crippen LogP contribution in [0.1, 0.15) is 30.9 Å². The predicted molar refractivity (Wildman–Crippen MR) is 124 cm³/mol. The molecule has 11 nitrogen and oxygen atoms in total. The fraction of sp³-hybridized carbons (Fsp3) is 0.381. The highest BCUT2D eigenvalue weighted by atomic mass is 32.2. The zero-order valence-corrected chi connectivity index (χ0v) is 19.1. The molecule has 1 N–H and O–H groups in total. The first-order valence-electron chi connectivity index (χ1n) is 10.9. The highest BCUT2D eigenvalue weighted by molar-refractivity contribution is 7.90. The lowest BCUT2D eigenvalue weighted by Crippen LogP contribution is -2.44. The van der Waals surface area contributed by atoms with E-state index in [9.17, 15) is 8.42 Å². The Kier molecular flexibility index (Phi) is 5.67. The largest absolute Gasteiger partial charge is 0.366 e. The van der Waals surface area contributed by atoms with Crippen LogP contribution >= 0.6 is 0 Å². The van der Waals surface area contributed by atoms with Gasteiger partial charge in [-0.1, -0.05) is 13.0 Å². The summed E-state index contributed by atoms with van der Waals surface area (Å²) in [5.74, 6) is 1.52. The van der Waals surface area contributed by atoms with Crippen molar-refractivity contribution in [1.82, 2.24) is 33.8 Å². The Morgan fingerprint density at radius 1 is 1.21 bits per heavy atom. The molecule has 0 bridgehead atoms. The molecule has 33 heavy (non-hydrogen) atoms. The van der Waals surface area contributed by atoms with E-state index in [-0.39, 0.29) is 0 Å². The Bertz CT molecular complexity index is 1340. The van der Waals surface area contributed by atoms with Gasteiger partial charge >= 0.3 is 0 Å². The van der Waals surface area contributed by atoms with E-state index >= 15 is 0 Å². The second kappa shape index (κ2) is 8.77. The molecule has 1 atom stereocenters. The second-order valence-electron chi connectivity index (χ2n) is 8.00. The molecule has 4 aromatic heterocycles. The standard InChI is InChI=1S/C21H25N9O2S/c1-2-17-12-25-30-19(24-11-16-5-3-7-22-10-16)9-20(27-21(17)30)28-8-4-6-18(13-28)33(31,32)29-15-23-14-26-29/h3,5,7,9-10,12,14-15,18,24H,2,4,6,8,11,13H2,1H3. The maximum Gasteiger partial charge on any atom is 0.259 e. The van der Waals surface area contributed by atoms with Gasteiger partial charge in [0, 0.05) is 43.7 Å². The SMILES string of the molecule is CCc1cnn2c(NCc3cccnc3)cc(N3CCCC(S(=O)(=O)n4cncn4)C3)nc12. The average Bonchev–Trinajstić information content (AvgIpc) is 3.54. The molecule has 1 fully saturated rings. The van der Waals surface area contributed by atoms with Crippen molar-refractivity contribution in [1.29, 1.82) is 0 Å². The summed E-state index contributed by atoms with van der Waals surface area (Å²) in [6.07, 6.45) is 9.97. The highest BCUT2D eigenvalue weighted by Gasteiger charge is 2.33. The third-order valence-corrected chi connectivity index (χ3v) is 7.83. The molecule has 1 saturated heterocycles. The Morgan fingerprint density at radius 3 is 2.88 bits per heavy atom. The summed E-state index contributed by atoms with van der Waals surface area (Å²) in [4.78, 5) is 14.9. The van der Waals surface area contributed by atoms with Crippen LogP contribution in [0.3, 0.4) is 0 Å². The fourth-order valence-corrected chi connectivity index (χ4v) is 5.60. The minimum Gasteiger partial charge on any atom is -0.366 e. The summed E-state index contributed by atoms with van der Waals surface area (Å²) in [5, 5.41) is 11.2. The number of aryl methyl sites for hydroxylation is 1. The van der Waals surface area contributed by atoms with Gasteiger partial charge in [0.05, 0.1) is 11.4 Å². The molecule has 172 valence electrons. The van der Waals surface area contributed by atoms with Gasteiger partial charge in [-0.05, 0) is 30.9 Å². The average molecular weight is 468 g/mol. The Morgan fingerprint density at radius 2 is 2.12 bits per heavy atom. The summed E-state index contributed by atoms with van der Waals surface area (Å²) >= 11 is 0. The molecule has 5 rings (SSSR count). The normalized spacial score (nSPS) is 16.9. The number of hydrogen-bond donors (Lipinski definition) is 1. The van der Waals surface area contributed by atoms with E-state index in [1.807, 2.05) is 35.5 Å². The predicted octanol–water partition coefficient (Wildman–Crippen LogP) is 1.74. The summed E-state index contributed by atoms with van der Waals surface area (Å²) in [6.45, 7) is 3.71. The van der Waals surface area contributed by atoms with Crippen LogP contribution in [0, 0.1) is 0 Å². The van der Waals surface area contributed by atoms with Crippen LogP contribution in [0.25, 0.3) is 5.65 Å². The first-order valence-corrected chi connectivity index (χ1v) is 12.4. The van der Waals surface area contributed by atoms with Crippen LogP contribution in [0.2, 0.25) is 0 Å². The lowest BCUT2D eigenvalue weighted by molar-refractivity contribution is 0.518. The van der Waals surface area contributed by atoms with Crippen LogP contribution in [0.5, 0.6) is 0 Å². The van der Waals surface area contributed by atoms with Gasteiger partial charge in [0.15, 0.2) is 5.65 Å². The van der Waals surface area contributed by atoms with Crippen LogP contribution < -0.4 is 10.2 Å².